The Morgan fingerprint density at radius 3 is 2.20 bits per heavy atom. The zero-order valence-electron chi connectivity index (χ0n) is 15.9. The van der Waals surface area contributed by atoms with Crippen molar-refractivity contribution >= 4 is 39.8 Å². The molecule has 0 aliphatic carbocycles. The molecule has 0 saturated carbocycles. The van der Waals surface area contributed by atoms with Crippen LogP contribution in [-0.4, -0.2) is 46.0 Å². The third-order valence-electron chi connectivity index (χ3n) is 4.21. The van der Waals surface area contributed by atoms with Gasteiger partial charge >= 0.3 is 0 Å². The molecule has 25 heavy (non-hydrogen) atoms. The summed E-state index contributed by atoms with van der Waals surface area (Å²) < 4.78 is 23.0. The van der Waals surface area contributed by atoms with E-state index in [9.17, 15) is 8.42 Å². The molecule has 1 aromatic rings. The third kappa shape index (κ3) is 8.40. The average Bonchev–Trinajstić information content (AvgIpc) is 2.57. The Morgan fingerprint density at radius 2 is 1.72 bits per heavy atom. The fraction of sp³-hybridized carbons (Fsp3) is 0.611. The Bertz CT molecular complexity index is 641. The quantitative estimate of drug-likeness (QED) is 0.341. The molecule has 0 heterocycles. The number of nitrogens with zero attached hydrogens (tertiary/aromatic N) is 1. The van der Waals surface area contributed by atoms with Crippen molar-refractivity contribution in [2.24, 2.45) is 4.99 Å². The number of halogens is 1. The van der Waals surface area contributed by atoms with Gasteiger partial charge in [-0.1, -0.05) is 52.0 Å². The number of aryl methyl sites for hydroxylation is 1. The van der Waals surface area contributed by atoms with Crippen molar-refractivity contribution in [3.8, 4) is 0 Å². The van der Waals surface area contributed by atoms with Crippen molar-refractivity contribution < 1.29 is 8.42 Å². The molecule has 0 aliphatic rings. The molecule has 0 atom stereocenters. The Labute approximate surface area is 170 Å². The van der Waals surface area contributed by atoms with Crippen molar-refractivity contribution in [3.63, 3.8) is 0 Å². The molecule has 0 aromatic heterocycles. The van der Waals surface area contributed by atoms with Gasteiger partial charge < -0.3 is 10.6 Å². The summed E-state index contributed by atoms with van der Waals surface area (Å²) >= 11 is 0. The molecule has 5 nitrogen and oxygen atoms in total. The van der Waals surface area contributed by atoms with Crippen molar-refractivity contribution in [2.75, 3.05) is 31.6 Å². The smallest absolute Gasteiger partial charge is 0.191 e. The molecule has 2 N–H and O–H groups in total. The van der Waals surface area contributed by atoms with Crippen LogP contribution in [0.3, 0.4) is 0 Å². The highest BCUT2D eigenvalue weighted by molar-refractivity contribution is 14.0. The van der Waals surface area contributed by atoms with E-state index in [4.69, 9.17) is 0 Å². The van der Waals surface area contributed by atoms with Crippen LogP contribution in [0.1, 0.15) is 38.8 Å². The van der Waals surface area contributed by atoms with E-state index in [1.165, 1.54) is 11.1 Å². The maximum Gasteiger partial charge on any atom is 0.191 e. The molecule has 1 aromatic carbocycles. The molecule has 0 amide bonds. The summed E-state index contributed by atoms with van der Waals surface area (Å²) in [7, 11) is -1.27. The number of nitrogens with one attached hydrogen (secondary N) is 2. The summed E-state index contributed by atoms with van der Waals surface area (Å²) in [5.41, 5.74) is 2.53. The summed E-state index contributed by atoms with van der Waals surface area (Å²) in [6, 6.07) is 8.68. The average molecular weight is 481 g/mol. The molecule has 1 rings (SSSR count). The van der Waals surface area contributed by atoms with E-state index in [1.807, 2.05) is 0 Å². The predicted molar refractivity (Wildman–Crippen MR) is 118 cm³/mol. The molecule has 144 valence electrons. The van der Waals surface area contributed by atoms with Crippen LogP contribution in [0.25, 0.3) is 0 Å². The number of sulfone groups is 1. The number of aliphatic imine (C=N–C) groups is 1. The van der Waals surface area contributed by atoms with Crippen LogP contribution in [0.5, 0.6) is 0 Å². The fourth-order valence-electron chi connectivity index (χ4n) is 2.29. The Balaban J connectivity index is 0.00000576. The van der Waals surface area contributed by atoms with Crippen molar-refractivity contribution in [3.05, 3.63) is 35.4 Å². The lowest BCUT2D eigenvalue weighted by Crippen LogP contribution is -2.44. The minimum atomic E-state index is -2.96. The van der Waals surface area contributed by atoms with Gasteiger partial charge in [-0.2, -0.15) is 0 Å². The highest BCUT2D eigenvalue weighted by atomic mass is 127. The van der Waals surface area contributed by atoms with Crippen LogP contribution in [0.4, 0.5) is 0 Å². The van der Waals surface area contributed by atoms with Crippen molar-refractivity contribution in [1.82, 2.24) is 10.6 Å². The van der Waals surface area contributed by atoms with Gasteiger partial charge in [0.25, 0.3) is 0 Å². The summed E-state index contributed by atoms with van der Waals surface area (Å²) in [6.07, 6.45) is 1.04. The first-order valence-electron chi connectivity index (χ1n) is 8.48. The Kier molecular flexibility index (Phi) is 10.6. The monoisotopic (exact) mass is 481 g/mol. The number of hydrogen-bond donors (Lipinski definition) is 2. The number of benzene rings is 1. The molecule has 0 unspecified atom stereocenters. The van der Waals surface area contributed by atoms with Gasteiger partial charge in [0.2, 0.25) is 0 Å². The van der Waals surface area contributed by atoms with Gasteiger partial charge in [0.1, 0.15) is 0 Å². The zero-order valence-corrected chi connectivity index (χ0v) is 19.1. The molecular formula is C18H32IN3O2S. The normalized spacial score (nSPS) is 12.4. The first-order chi connectivity index (χ1) is 11.2. The Morgan fingerprint density at radius 1 is 1.12 bits per heavy atom. The Hall–Kier alpha value is -0.830. The van der Waals surface area contributed by atoms with Gasteiger partial charge in [0, 0.05) is 31.3 Å². The second-order valence-corrected chi connectivity index (χ2v) is 9.00. The van der Waals surface area contributed by atoms with Crippen LogP contribution >= 0.6 is 24.0 Å². The van der Waals surface area contributed by atoms with E-state index >= 15 is 0 Å². The number of hydrogen-bond acceptors (Lipinski definition) is 3. The summed E-state index contributed by atoms with van der Waals surface area (Å²) in [6.45, 7) is 9.23. The lowest BCUT2D eigenvalue weighted by Gasteiger charge is -2.27. The maximum absolute atomic E-state index is 11.5. The highest BCUT2D eigenvalue weighted by Gasteiger charge is 2.21. The molecule has 0 saturated heterocycles. The molecule has 0 fully saturated rings. The lowest BCUT2D eigenvalue weighted by molar-refractivity contribution is 0.509. The fourth-order valence-corrected chi connectivity index (χ4v) is 2.99. The summed E-state index contributed by atoms with van der Waals surface area (Å²) in [5, 5.41) is 6.35. The van der Waals surface area contributed by atoms with Gasteiger partial charge in [-0.3, -0.25) is 4.99 Å². The van der Waals surface area contributed by atoms with Crippen LogP contribution in [0.2, 0.25) is 0 Å². The van der Waals surface area contributed by atoms with Gasteiger partial charge in [0.05, 0.1) is 5.75 Å². The minimum Gasteiger partial charge on any atom is -0.356 e. The van der Waals surface area contributed by atoms with E-state index in [2.05, 4.69) is 60.7 Å². The van der Waals surface area contributed by atoms with Crippen LogP contribution in [-0.2, 0) is 21.7 Å². The number of rotatable bonds is 8. The first-order valence-corrected chi connectivity index (χ1v) is 10.3. The second-order valence-electron chi connectivity index (χ2n) is 6.52. The van der Waals surface area contributed by atoms with Gasteiger partial charge in [-0.15, -0.1) is 24.0 Å². The van der Waals surface area contributed by atoms with Gasteiger partial charge in [-0.25, -0.2) is 8.42 Å². The number of guanidine groups is 1. The van der Waals surface area contributed by atoms with E-state index in [1.54, 1.807) is 14.0 Å². The molecule has 0 bridgehead atoms. The maximum atomic E-state index is 11.5. The van der Waals surface area contributed by atoms with Gasteiger partial charge in [-0.05, 0) is 17.5 Å². The van der Waals surface area contributed by atoms with E-state index in [0.717, 1.165) is 6.42 Å². The first kappa shape index (κ1) is 24.2. The minimum absolute atomic E-state index is 0. The SMILES string of the molecule is CCc1ccc(C(C)(C)CNC(=NC)NCCS(=O)(=O)CC)cc1.I. The van der Waals surface area contributed by atoms with E-state index in [-0.39, 0.29) is 40.9 Å². The second kappa shape index (κ2) is 11.0. The highest BCUT2D eigenvalue weighted by Crippen LogP contribution is 2.22. The summed E-state index contributed by atoms with van der Waals surface area (Å²) in [5.74, 6) is 0.910. The zero-order chi connectivity index (χ0) is 18.2. The van der Waals surface area contributed by atoms with Crippen LogP contribution < -0.4 is 10.6 Å². The molecular weight excluding hydrogens is 449 g/mol. The van der Waals surface area contributed by atoms with E-state index in [0.29, 0.717) is 19.0 Å². The topological polar surface area (TPSA) is 70.6 Å². The van der Waals surface area contributed by atoms with Crippen molar-refractivity contribution in [1.29, 1.82) is 0 Å². The van der Waals surface area contributed by atoms with Crippen LogP contribution in [0, 0.1) is 0 Å². The van der Waals surface area contributed by atoms with E-state index < -0.39 is 9.84 Å². The summed E-state index contributed by atoms with van der Waals surface area (Å²) in [4.78, 5) is 4.16. The van der Waals surface area contributed by atoms with Gasteiger partial charge in [0.15, 0.2) is 15.8 Å². The third-order valence-corrected chi connectivity index (χ3v) is 5.92. The standard InChI is InChI=1S/C18H31N3O2S.HI/c1-6-15-8-10-16(11-9-15)18(3,4)14-21-17(19-5)20-12-13-24(22,23)7-2;/h8-11H,6-7,12-14H2,1-5H3,(H2,19,20,21);1H. The van der Waals surface area contributed by atoms with Crippen LogP contribution in [0.15, 0.2) is 29.3 Å². The molecule has 0 radical (unpaired) electrons. The van der Waals surface area contributed by atoms with Crippen molar-refractivity contribution in [2.45, 2.75) is 39.5 Å². The lowest BCUT2D eigenvalue weighted by atomic mass is 9.84. The largest absolute Gasteiger partial charge is 0.356 e. The predicted octanol–water partition coefficient (Wildman–Crippen LogP) is 2.74. The molecule has 7 heteroatoms. The molecule has 0 spiro atoms. The molecule has 0 aliphatic heterocycles.